The van der Waals surface area contributed by atoms with Crippen molar-refractivity contribution < 1.29 is 27.1 Å². The van der Waals surface area contributed by atoms with Gasteiger partial charge in [0.2, 0.25) is 5.91 Å². The highest BCUT2D eigenvalue weighted by Gasteiger charge is 2.36. The Morgan fingerprint density at radius 2 is 1.75 bits per heavy atom. The fourth-order valence-corrected chi connectivity index (χ4v) is 8.36. The highest BCUT2D eigenvalue weighted by atomic mass is 32.2. The quantitative estimate of drug-likeness (QED) is 0.176. The maximum absolute atomic E-state index is 14.4. The summed E-state index contributed by atoms with van der Waals surface area (Å²) in [5.74, 6) is -0.223. The number of carbonyl (C=O) groups is 1. The van der Waals surface area contributed by atoms with E-state index in [0.717, 1.165) is 17.7 Å². The Labute approximate surface area is 253 Å². The van der Waals surface area contributed by atoms with Gasteiger partial charge in [-0.2, -0.15) is 29.1 Å². The van der Waals surface area contributed by atoms with Crippen LogP contribution in [0.5, 0.6) is 0 Å². The van der Waals surface area contributed by atoms with E-state index in [1.54, 1.807) is 21.9 Å². The summed E-state index contributed by atoms with van der Waals surface area (Å²) in [6.45, 7) is 5.04. The van der Waals surface area contributed by atoms with E-state index in [2.05, 4.69) is 11.6 Å². The number of hydrogen-bond acceptors (Lipinski definition) is 5. The molecule has 1 fully saturated rings. The minimum atomic E-state index is -4.67. The highest BCUT2D eigenvalue weighted by molar-refractivity contribution is 8.17. The average Bonchev–Trinajstić information content (AvgIpc) is 3.19. The first kappa shape index (κ1) is 29.9. The number of halogens is 4. The summed E-state index contributed by atoms with van der Waals surface area (Å²) in [7, 11) is -1.52. The van der Waals surface area contributed by atoms with E-state index in [1.807, 2.05) is 30.3 Å². The molecule has 4 aromatic rings. The van der Waals surface area contributed by atoms with Crippen LogP contribution in [0.3, 0.4) is 0 Å². The van der Waals surface area contributed by atoms with Crippen molar-refractivity contribution in [3.8, 4) is 0 Å². The fraction of sp³-hybridized carbons (Fsp3) is 0.281. The summed E-state index contributed by atoms with van der Waals surface area (Å²) in [6, 6.07) is 17.4. The number of rotatable bonds is 6. The van der Waals surface area contributed by atoms with E-state index in [4.69, 9.17) is 4.74 Å². The van der Waals surface area contributed by atoms with Crippen LogP contribution in [-0.4, -0.2) is 58.4 Å². The summed E-state index contributed by atoms with van der Waals surface area (Å²) in [5, 5.41) is 0.205. The van der Waals surface area contributed by atoms with Crippen LogP contribution in [0.1, 0.15) is 11.1 Å². The lowest BCUT2D eigenvalue weighted by Crippen LogP contribution is -2.49. The van der Waals surface area contributed by atoms with E-state index in [0.29, 0.717) is 34.2 Å². The van der Waals surface area contributed by atoms with Crippen molar-refractivity contribution in [2.45, 2.75) is 35.2 Å². The monoisotopic (exact) mass is 626 g/mol. The molecule has 0 aliphatic carbocycles. The van der Waals surface area contributed by atoms with Gasteiger partial charge in [-0.3, -0.25) is 9.36 Å². The number of ether oxygens (including phenoxy) is 1. The molecule has 230 valence electrons. The maximum Gasteiger partial charge on any atom is 0.416 e. The summed E-state index contributed by atoms with van der Waals surface area (Å²) in [5.41, 5.74) is -0.159. The van der Waals surface area contributed by atoms with Crippen LogP contribution in [0.2, 0.25) is 0 Å². The summed E-state index contributed by atoms with van der Waals surface area (Å²) >= 11 is 0. The minimum absolute atomic E-state index is 0.0927. The predicted molar refractivity (Wildman–Crippen MR) is 162 cm³/mol. The molecule has 0 radical (unpaired) electrons. The molecule has 12 heteroatoms. The molecule has 2 aliphatic rings. The van der Waals surface area contributed by atoms with Gasteiger partial charge < -0.3 is 14.5 Å². The Balaban J connectivity index is 1.51. The Kier molecular flexibility index (Phi) is 8.21. The highest BCUT2D eigenvalue weighted by Crippen LogP contribution is 2.52. The van der Waals surface area contributed by atoms with Crippen LogP contribution < -0.4 is 10.6 Å². The normalized spacial score (nSPS) is 19.5. The first-order valence-electron chi connectivity index (χ1n) is 14.1. The average molecular weight is 627 g/mol. The number of amides is 1. The Bertz CT molecular complexity index is 1750. The van der Waals surface area contributed by atoms with Gasteiger partial charge in [0.1, 0.15) is 11.6 Å². The molecule has 6 rings (SSSR count). The molecular weight excluding hydrogens is 596 g/mol. The van der Waals surface area contributed by atoms with Crippen molar-refractivity contribution in [1.82, 2.24) is 14.5 Å². The molecule has 0 N–H and O–H groups in total. The van der Waals surface area contributed by atoms with Crippen molar-refractivity contribution in [2.75, 3.05) is 36.8 Å². The smallest absolute Gasteiger partial charge is 0.371 e. The number of benzene rings is 3. The lowest BCUT2D eigenvalue weighted by molar-refractivity contribution is -0.137. The maximum atomic E-state index is 14.4. The van der Waals surface area contributed by atoms with Crippen LogP contribution in [0.4, 0.5) is 23.4 Å². The van der Waals surface area contributed by atoms with Gasteiger partial charge in [0.25, 0.3) is 0 Å². The molecule has 1 unspecified atom stereocenters. The zero-order valence-electron chi connectivity index (χ0n) is 23.6. The second-order valence-corrected chi connectivity index (χ2v) is 13.0. The molecule has 0 spiro atoms. The van der Waals surface area contributed by atoms with Crippen molar-refractivity contribution in [1.29, 1.82) is 0 Å². The van der Waals surface area contributed by atoms with Crippen LogP contribution in [0.25, 0.3) is 10.9 Å². The van der Waals surface area contributed by atoms with Gasteiger partial charge in [-0.1, -0.05) is 36.9 Å². The summed E-state index contributed by atoms with van der Waals surface area (Å²) in [4.78, 5) is 34.6. The Morgan fingerprint density at radius 1 is 1.05 bits per heavy atom. The largest absolute Gasteiger partial charge is 0.416 e. The number of anilines is 1. The number of hydrogen-bond donors (Lipinski definition) is 1. The van der Waals surface area contributed by atoms with Crippen LogP contribution in [-0.2, 0) is 28.9 Å². The molecule has 7 nitrogen and oxygen atoms in total. The predicted octanol–water partition coefficient (Wildman–Crippen LogP) is 5.41. The van der Waals surface area contributed by atoms with Gasteiger partial charge in [0.15, 0.2) is 0 Å². The topological polar surface area (TPSA) is 67.7 Å². The lowest BCUT2D eigenvalue weighted by atomic mass is 10.1. The zero-order chi connectivity index (χ0) is 31.0. The summed E-state index contributed by atoms with van der Waals surface area (Å²) < 4.78 is 65.0. The molecule has 1 saturated heterocycles. The third-order valence-corrected chi connectivity index (χ3v) is 10.6. The van der Waals surface area contributed by atoms with E-state index in [1.165, 1.54) is 22.8 Å². The van der Waals surface area contributed by atoms with Crippen molar-refractivity contribution >= 4 is 33.5 Å². The number of nitrogens with zero attached hydrogens (tertiary/aromatic N) is 4. The second kappa shape index (κ2) is 12.1. The first-order chi connectivity index (χ1) is 21.1. The van der Waals surface area contributed by atoms with Crippen LogP contribution in [0, 0.1) is 5.82 Å². The molecule has 3 aromatic carbocycles. The van der Waals surface area contributed by atoms with Crippen molar-refractivity contribution in [3.63, 3.8) is 0 Å². The molecule has 1 amide bonds. The van der Waals surface area contributed by atoms with Crippen molar-refractivity contribution in [2.24, 2.45) is 0 Å². The number of piperazine rings is 1. The molecule has 0 bridgehead atoms. The third kappa shape index (κ3) is 5.96. The van der Waals surface area contributed by atoms with Gasteiger partial charge in [0.05, 0.1) is 30.3 Å². The molecule has 1 aromatic heterocycles. The van der Waals surface area contributed by atoms with Crippen molar-refractivity contribution in [3.05, 3.63) is 107 Å². The number of thiol groups is 1. The Morgan fingerprint density at radius 3 is 2.41 bits per heavy atom. The third-order valence-electron chi connectivity index (χ3n) is 7.96. The fourth-order valence-electron chi connectivity index (χ4n) is 5.75. The SMILES string of the molecule is C=CC(=O)N1CCN(c2nc(=O)n3c4c(cc(C(F)(F)F)cc24)[SH](c2ccc(F)cc2)C[C@@H](OCc2ccccc2)C3)CC1. The zero-order valence-corrected chi connectivity index (χ0v) is 24.5. The first-order valence-corrected chi connectivity index (χ1v) is 15.7. The van der Waals surface area contributed by atoms with E-state index in [9.17, 15) is 27.2 Å². The number of alkyl halides is 3. The molecule has 3 heterocycles. The van der Waals surface area contributed by atoms with E-state index in [-0.39, 0.29) is 43.4 Å². The molecule has 44 heavy (non-hydrogen) atoms. The molecule has 2 aliphatic heterocycles. The van der Waals surface area contributed by atoms with E-state index < -0.39 is 40.2 Å². The Hall–Kier alpha value is -4.16. The number of carbonyl (C=O) groups excluding carboxylic acids is 1. The van der Waals surface area contributed by atoms with E-state index >= 15 is 0 Å². The molecule has 2 atom stereocenters. The minimum Gasteiger partial charge on any atom is -0.371 e. The van der Waals surface area contributed by atoms with Gasteiger partial charge in [-0.25, -0.2) is 9.18 Å². The second-order valence-electron chi connectivity index (χ2n) is 10.7. The van der Waals surface area contributed by atoms with Gasteiger partial charge in [0, 0.05) is 42.2 Å². The molecular formula is C32H30F4N4O3S. The summed E-state index contributed by atoms with van der Waals surface area (Å²) in [6.07, 6.45) is -3.98. The number of aromatic nitrogens is 2. The lowest BCUT2D eigenvalue weighted by Gasteiger charge is -2.35. The standard InChI is InChI=1S/C32H30F4N4O3S/c1-2-28(41)38-12-14-39(15-13-38)30-26-16-22(32(34,35)36)17-27-29(26)40(31(42)37-30)18-24(43-19-21-6-4-3-5-7-21)20-44(27)25-10-8-23(33)9-11-25/h2-11,16-17,24,44H,1,12-15,18-20H2/t24-/m0/s1. The molecule has 0 saturated carbocycles. The van der Waals surface area contributed by atoms with Gasteiger partial charge in [-0.05, 0) is 52.9 Å². The van der Waals surface area contributed by atoms with Gasteiger partial charge in [-0.15, -0.1) is 0 Å². The van der Waals surface area contributed by atoms with Gasteiger partial charge >= 0.3 is 11.9 Å². The van der Waals surface area contributed by atoms with Crippen LogP contribution >= 0.6 is 10.9 Å². The van der Waals surface area contributed by atoms with Crippen LogP contribution in [0.15, 0.2) is 94.0 Å².